The Morgan fingerprint density at radius 2 is 1.86 bits per heavy atom. The molecule has 0 radical (unpaired) electrons. The lowest BCUT2D eigenvalue weighted by Crippen LogP contribution is -2.19. The second kappa shape index (κ2) is 8.31. The fourth-order valence-electron chi connectivity index (χ4n) is 3.78. The summed E-state index contributed by atoms with van der Waals surface area (Å²) < 4.78 is 2.07. The first-order valence-electron chi connectivity index (χ1n) is 9.92. The number of aromatic nitrogens is 2. The minimum Gasteiger partial charge on any atom is -0.372 e. The molecule has 0 bridgehead atoms. The van der Waals surface area contributed by atoms with Gasteiger partial charge in [0.05, 0.1) is 6.21 Å². The van der Waals surface area contributed by atoms with Gasteiger partial charge in [-0.05, 0) is 69.2 Å². The lowest BCUT2D eigenvalue weighted by atomic mass is 10.2. The van der Waals surface area contributed by atoms with Crippen molar-refractivity contribution < 1.29 is 4.79 Å². The number of hydrogen-bond donors (Lipinski definition) is 1. The van der Waals surface area contributed by atoms with Crippen LogP contribution in [0.3, 0.4) is 0 Å². The van der Waals surface area contributed by atoms with Crippen molar-refractivity contribution in [2.75, 3.05) is 18.0 Å². The van der Waals surface area contributed by atoms with E-state index in [2.05, 4.69) is 25.0 Å². The van der Waals surface area contributed by atoms with E-state index in [1.807, 2.05) is 62.4 Å². The molecule has 1 aromatic carbocycles. The molecule has 2 aromatic heterocycles. The topological polar surface area (TPSA) is 62.5 Å². The lowest BCUT2D eigenvalue weighted by molar-refractivity contribution is 0.0955. The molecule has 148 valence electrons. The molecule has 6 nitrogen and oxygen atoms in total. The van der Waals surface area contributed by atoms with Crippen LogP contribution in [0.2, 0.25) is 0 Å². The van der Waals surface area contributed by atoms with Gasteiger partial charge in [-0.3, -0.25) is 4.79 Å². The number of nitrogens with zero attached hydrogens (tertiary/aromatic N) is 4. The van der Waals surface area contributed by atoms with Gasteiger partial charge in [-0.25, -0.2) is 10.4 Å². The molecule has 0 aliphatic carbocycles. The minimum absolute atomic E-state index is 0.215. The number of amides is 1. The fourth-order valence-corrected chi connectivity index (χ4v) is 3.78. The van der Waals surface area contributed by atoms with Crippen molar-refractivity contribution in [1.82, 2.24) is 15.0 Å². The average Bonchev–Trinajstić information content (AvgIpc) is 3.37. The van der Waals surface area contributed by atoms with Crippen LogP contribution in [0.4, 0.5) is 5.69 Å². The number of benzene rings is 1. The third-order valence-electron chi connectivity index (χ3n) is 5.32. The minimum atomic E-state index is -0.215. The second-order valence-corrected chi connectivity index (χ2v) is 7.29. The van der Waals surface area contributed by atoms with Crippen molar-refractivity contribution >= 4 is 17.8 Å². The van der Waals surface area contributed by atoms with E-state index in [-0.39, 0.29) is 5.91 Å². The SMILES string of the molecule is Cc1cc(/C=N\NC(=O)c2ccc(N3CCCC3)cc2)c(C)n1-c1ccccn1. The van der Waals surface area contributed by atoms with Gasteiger partial charge in [0.25, 0.3) is 5.91 Å². The van der Waals surface area contributed by atoms with Gasteiger partial charge in [-0.2, -0.15) is 5.10 Å². The Kier molecular flexibility index (Phi) is 5.42. The number of carbonyl (C=O) groups is 1. The lowest BCUT2D eigenvalue weighted by Gasteiger charge is -2.17. The Balaban J connectivity index is 1.43. The molecule has 0 saturated carbocycles. The maximum Gasteiger partial charge on any atom is 0.271 e. The maximum absolute atomic E-state index is 12.4. The number of hydrogen-bond acceptors (Lipinski definition) is 4. The van der Waals surface area contributed by atoms with E-state index in [9.17, 15) is 4.79 Å². The van der Waals surface area contributed by atoms with E-state index in [1.54, 1.807) is 12.4 Å². The molecule has 3 heterocycles. The number of aryl methyl sites for hydroxylation is 1. The van der Waals surface area contributed by atoms with Crippen LogP contribution >= 0.6 is 0 Å². The van der Waals surface area contributed by atoms with E-state index in [0.29, 0.717) is 5.56 Å². The summed E-state index contributed by atoms with van der Waals surface area (Å²) >= 11 is 0. The van der Waals surface area contributed by atoms with Crippen LogP contribution in [0.15, 0.2) is 59.8 Å². The molecule has 0 atom stereocenters. The summed E-state index contributed by atoms with van der Waals surface area (Å²) in [6, 6.07) is 15.6. The number of nitrogens with one attached hydrogen (secondary N) is 1. The number of carbonyl (C=O) groups excluding carboxylic acids is 1. The molecule has 1 N–H and O–H groups in total. The van der Waals surface area contributed by atoms with Gasteiger partial charge in [0, 0.05) is 47.5 Å². The van der Waals surface area contributed by atoms with Crippen molar-refractivity contribution in [3.63, 3.8) is 0 Å². The molecule has 3 aromatic rings. The predicted octanol–water partition coefficient (Wildman–Crippen LogP) is 3.85. The summed E-state index contributed by atoms with van der Waals surface area (Å²) in [5.41, 5.74) is 7.42. The normalized spacial score (nSPS) is 13.9. The fraction of sp³-hybridized carbons (Fsp3) is 0.261. The van der Waals surface area contributed by atoms with Crippen LogP contribution in [0.5, 0.6) is 0 Å². The third-order valence-corrected chi connectivity index (χ3v) is 5.32. The van der Waals surface area contributed by atoms with E-state index in [1.165, 1.54) is 18.5 Å². The summed E-state index contributed by atoms with van der Waals surface area (Å²) in [6.07, 6.45) is 5.92. The van der Waals surface area contributed by atoms with Crippen molar-refractivity contribution in [2.24, 2.45) is 5.10 Å². The Morgan fingerprint density at radius 1 is 1.10 bits per heavy atom. The molecule has 1 aliphatic heterocycles. The zero-order chi connectivity index (χ0) is 20.2. The molecular weight excluding hydrogens is 362 g/mol. The van der Waals surface area contributed by atoms with Gasteiger partial charge in [0.1, 0.15) is 5.82 Å². The highest BCUT2D eigenvalue weighted by Crippen LogP contribution is 2.20. The first-order valence-corrected chi connectivity index (χ1v) is 9.92. The molecule has 29 heavy (non-hydrogen) atoms. The van der Waals surface area contributed by atoms with Crippen LogP contribution in [0.1, 0.15) is 40.2 Å². The largest absolute Gasteiger partial charge is 0.372 e. The summed E-state index contributed by atoms with van der Waals surface area (Å²) in [5.74, 6) is 0.650. The Bertz CT molecular complexity index is 1020. The van der Waals surface area contributed by atoms with E-state index < -0.39 is 0 Å². The molecule has 4 rings (SSSR count). The molecule has 0 spiro atoms. The van der Waals surface area contributed by atoms with Gasteiger partial charge in [0.2, 0.25) is 0 Å². The first kappa shape index (κ1) is 18.9. The highest BCUT2D eigenvalue weighted by molar-refractivity contribution is 5.95. The van der Waals surface area contributed by atoms with E-state index in [0.717, 1.165) is 35.9 Å². The van der Waals surface area contributed by atoms with Crippen LogP contribution in [0, 0.1) is 13.8 Å². The number of hydrazone groups is 1. The van der Waals surface area contributed by atoms with Crippen LogP contribution < -0.4 is 10.3 Å². The molecule has 1 saturated heterocycles. The van der Waals surface area contributed by atoms with Gasteiger partial charge in [-0.1, -0.05) is 6.07 Å². The Hall–Kier alpha value is -3.41. The van der Waals surface area contributed by atoms with Gasteiger partial charge in [-0.15, -0.1) is 0 Å². The predicted molar refractivity (Wildman–Crippen MR) is 116 cm³/mol. The second-order valence-electron chi connectivity index (χ2n) is 7.29. The molecular formula is C23H25N5O. The van der Waals surface area contributed by atoms with Gasteiger partial charge in [0.15, 0.2) is 0 Å². The maximum atomic E-state index is 12.4. The summed E-state index contributed by atoms with van der Waals surface area (Å²) in [7, 11) is 0. The monoisotopic (exact) mass is 387 g/mol. The number of anilines is 1. The molecule has 1 fully saturated rings. The third kappa shape index (κ3) is 4.06. The molecule has 1 aliphatic rings. The van der Waals surface area contributed by atoms with Crippen molar-refractivity contribution in [1.29, 1.82) is 0 Å². The van der Waals surface area contributed by atoms with Crippen LogP contribution in [-0.4, -0.2) is 34.8 Å². The Labute approximate surface area is 170 Å². The van der Waals surface area contributed by atoms with Crippen LogP contribution in [0.25, 0.3) is 5.82 Å². The zero-order valence-electron chi connectivity index (χ0n) is 16.8. The summed E-state index contributed by atoms with van der Waals surface area (Å²) in [6.45, 7) is 6.22. The summed E-state index contributed by atoms with van der Waals surface area (Å²) in [4.78, 5) is 19.1. The van der Waals surface area contributed by atoms with Crippen molar-refractivity contribution in [3.05, 3.63) is 77.2 Å². The van der Waals surface area contributed by atoms with Gasteiger partial charge < -0.3 is 9.47 Å². The van der Waals surface area contributed by atoms with Crippen molar-refractivity contribution in [3.8, 4) is 5.82 Å². The standard InChI is InChI=1S/C23H25N5O/c1-17-15-20(18(2)28(17)22-7-3-4-12-24-22)16-25-26-23(29)19-8-10-21(11-9-19)27-13-5-6-14-27/h3-4,7-12,15-16H,5-6,13-14H2,1-2H3,(H,26,29)/b25-16-. The molecule has 1 amide bonds. The highest BCUT2D eigenvalue weighted by atomic mass is 16.2. The van der Waals surface area contributed by atoms with Crippen molar-refractivity contribution in [2.45, 2.75) is 26.7 Å². The number of pyridine rings is 1. The van der Waals surface area contributed by atoms with Crippen LogP contribution in [-0.2, 0) is 0 Å². The number of rotatable bonds is 5. The Morgan fingerprint density at radius 3 is 2.55 bits per heavy atom. The molecule has 6 heteroatoms. The quantitative estimate of drug-likeness (QED) is 0.534. The highest BCUT2D eigenvalue weighted by Gasteiger charge is 2.13. The smallest absolute Gasteiger partial charge is 0.271 e. The van der Waals surface area contributed by atoms with E-state index >= 15 is 0 Å². The average molecular weight is 387 g/mol. The summed E-state index contributed by atoms with van der Waals surface area (Å²) in [5, 5.41) is 4.16. The first-order chi connectivity index (χ1) is 14.1. The zero-order valence-corrected chi connectivity index (χ0v) is 16.8. The van der Waals surface area contributed by atoms with Gasteiger partial charge >= 0.3 is 0 Å². The van der Waals surface area contributed by atoms with E-state index in [4.69, 9.17) is 0 Å². The molecule has 0 unspecified atom stereocenters.